The average Bonchev–Trinajstić information content (AvgIpc) is 2.29. The van der Waals surface area contributed by atoms with Crippen LogP contribution >= 0.6 is 0 Å². The highest BCUT2D eigenvalue weighted by Crippen LogP contribution is 2.17. The summed E-state index contributed by atoms with van der Waals surface area (Å²) in [5.41, 5.74) is 0.594. The molecule has 3 heteroatoms. The molecule has 0 atom stereocenters. The zero-order chi connectivity index (χ0) is 11.1. The molecule has 0 fully saturated rings. The van der Waals surface area contributed by atoms with Gasteiger partial charge in [-0.05, 0) is 18.6 Å². The van der Waals surface area contributed by atoms with Gasteiger partial charge in [-0.2, -0.15) is 0 Å². The van der Waals surface area contributed by atoms with Gasteiger partial charge in [0.2, 0.25) is 0 Å². The minimum Gasteiger partial charge on any atom is -0.493 e. The van der Waals surface area contributed by atoms with E-state index in [-0.39, 0.29) is 5.91 Å². The highest BCUT2D eigenvalue weighted by Gasteiger charge is 2.09. The molecule has 0 bridgehead atoms. The largest absolute Gasteiger partial charge is 0.493 e. The van der Waals surface area contributed by atoms with E-state index in [4.69, 9.17) is 4.74 Å². The number of rotatable bonds is 5. The van der Waals surface area contributed by atoms with Gasteiger partial charge in [0.05, 0.1) is 12.2 Å². The predicted molar refractivity (Wildman–Crippen MR) is 60.2 cm³/mol. The maximum atomic E-state index is 11.5. The van der Waals surface area contributed by atoms with Crippen LogP contribution in [0.5, 0.6) is 5.75 Å². The van der Waals surface area contributed by atoms with E-state index in [0.717, 1.165) is 12.8 Å². The molecule has 0 spiro atoms. The Bertz CT molecular complexity index is 323. The van der Waals surface area contributed by atoms with Crippen molar-refractivity contribution >= 4 is 5.91 Å². The van der Waals surface area contributed by atoms with Crippen molar-refractivity contribution in [3.05, 3.63) is 29.8 Å². The number of amides is 1. The van der Waals surface area contributed by atoms with E-state index in [2.05, 4.69) is 12.2 Å². The molecule has 1 N–H and O–H groups in total. The Labute approximate surface area is 90.4 Å². The first-order valence-corrected chi connectivity index (χ1v) is 5.23. The molecule has 0 heterocycles. The van der Waals surface area contributed by atoms with E-state index in [9.17, 15) is 4.79 Å². The van der Waals surface area contributed by atoms with Gasteiger partial charge in [0, 0.05) is 7.05 Å². The molecule has 1 aromatic carbocycles. The normalized spacial score (nSPS) is 9.73. The molecule has 1 rings (SSSR count). The Balaban J connectivity index is 2.73. The summed E-state index contributed by atoms with van der Waals surface area (Å²) in [6.07, 6.45) is 2.09. The Morgan fingerprint density at radius 2 is 2.13 bits per heavy atom. The Morgan fingerprint density at radius 3 is 2.80 bits per heavy atom. The second-order valence-corrected chi connectivity index (χ2v) is 3.28. The van der Waals surface area contributed by atoms with Crippen LogP contribution in [-0.4, -0.2) is 19.6 Å². The molecule has 0 saturated heterocycles. The smallest absolute Gasteiger partial charge is 0.254 e. The zero-order valence-corrected chi connectivity index (χ0v) is 9.25. The lowest BCUT2D eigenvalue weighted by Crippen LogP contribution is -2.18. The van der Waals surface area contributed by atoms with Crippen LogP contribution in [0.4, 0.5) is 0 Å². The van der Waals surface area contributed by atoms with Crippen LogP contribution in [0.15, 0.2) is 24.3 Å². The fourth-order valence-corrected chi connectivity index (χ4v) is 1.24. The van der Waals surface area contributed by atoms with Crippen LogP contribution in [0.3, 0.4) is 0 Å². The summed E-state index contributed by atoms with van der Waals surface area (Å²) in [6.45, 7) is 2.76. The minimum atomic E-state index is -0.109. The van der Waals surface area contributed by atoms with E-state index in [1.165, 1.54) is 0 Å². The molecule has 3 nitrogen and oxygen atoms in total. The van der Waals surface area contributed by atoms with Gasteiger partial charge >= 0.3 is 0 Å². The molecular formula is C12H17NO2. The number of carbonyl (C=O) groups excluding carboxylic acids is 1. The summed E-state index contributed by atoms with van der Waals surface area (Å²) >= 11 is 0. The molecule has 0 aliphatic rings. The third-order valence-corrected chi connectivity index (χ3v) is 2.11. The van der Waals surface area contributed by atoms with Gasteiger partial charge in [-0.25, -0.2) is 0 Å². The van der Waals surface area contributed by atoms with Gasteiger partial charge < -0.3 is 10.1 Å². The van der Waals surface area contributed by atoms with Crippen molar-refractivity contribution in [3.63, 3.8) is 0 Å². The van der Waals surface area contributed by atoms with Crippen molar-refractivity contribution < 1.29 is 9.53 Å². The van der Waals surface area contributed by atoms with Crippen molar-refractivity contribution in [3.8, 4) is 5.75 Å². The molecule has 0 saturated carbocycles. The van der Waals surface area contributed by atoms with Gasteiger partial charge in [0.15, 0.2) is 0 Å². The lowest BCUT2D eigenvalue weighted by molar-refractivity contribution is 0.0959. The molecule has 1 aromatic rings. The fraction of sp³-hybridized carbons (Fsp3) is 0.417. The van der Waals surface area contributed by atoms with E-state index in [1.807, 2.05) is 18.2 Å². The summed E-state index contributed by atoms with van der Waals surface area (Å²) in [5.74, 6) is 0.549. The third-order valence-electron chi connectivity index (χ3n) is 2.11. The highest BCUT2D eigenvalue weighted by molar-refractivity contribution is 5.96. The van der Waals surface area contributed by atoms with Crippen molar-refractivity contribution in [2.45, 2.75) is 19.8 Å². The number of para-hydroxylation sites is 1. The SMILES string of the molecule is CCCCOc1ccccc1C(=O)NC. The summed E-state index contributed by atoms with van der Waals surface area (Å²) in [4.78, 5) is 11.5. The van der Waals surface area contributed by atoms with Gasteiger partial charge in [-0.15, -0.1) is 0 Å². The van der Waals surface area contributed by atoms with Crippen molar-refractivity contribution in [2.75, 3.05) is 13.7 Å². The van der Waals surface area contributed by atoms with Crippen LogP contribution in [-0.2, 0) is 0 Å². The Hall–Kier alpha value is -1.51. The van der Waals surface area contributed by atoms with Crippen molar-refractivity contribution in [1.29, 1.82) is 0 Å². The van der Waals surface area contributed by atoms with Crippen LogP contribution in [0.25, 0.3) is 0 Å². The van der Waals surface area contributed by atoms with Gasteiger partial charge in [-0.3, -0.25) is 4.79 Å². The standard InChI is InChI=1S/C12H17NO2/c1-3-4-9-15-11-8-6-5-7-10(11)12(14)13-2/h5-8H,3-4,9H2,1-2H3,(H,13,14). The molecule has 0 aromatic heterocycles. The number of ether oxygens (including phenoxy) is 1. The quantitative estimate of drug-likeness (QED) is 0.752. The lowest BCUT2D eigenvalue weighted by atomic mass is 10.2. The Kier molecular flexibility index (Phi) is 4.68. The number of hydrogen-bond acceptors (Lipinski definition) is 2. The van der Waals surface area contributed by atoms with Crippen LogP contribution in [0.2, 0.25) is 0 Å². The number of carbonyl (C=O) groups is 1. The molecule has 0 unspecified atom stereocenters. The average molecular weight is 207 g/mol. The Morgan fingerprint density at radius 1 is 1.40 bits per heavy atom. The monoisotopic (exact) mass is 207 g/mol. The van der Waals surface area contributed by atoms with Crippen molar-refractivity contribution in [1.82, 2.24) is 5.32 Å². The van der Waals surface area contributed by atoms with Crippen LogP contribution in [0.1, 0.15) is 30.1 Å². The first-order valence-electron chi connectivity index (χ1n) is 5.23. The van der Waals surface area contributed by atoms with Crippen LogP contribution < -0.4 is 10.1 Å². The molecule has 82 valence electrons. The summed E-state index contributed by atoms with van der Waals surface area (Å²) < 4.78 is 5.54. The maximum absolute atomic E-state index is 11.5. The summed E-state index contributed by atoms with van der Waals surface area (Å²) in [7, 11) is 1.62. The minimum absolute atomic E-state index is 0.109. The predicted octanol–water partition coefficient (Wildman–Crippen LogP) is 2.23. The maximum Gasteiger partial charge on any atom is 0.254 e. The fourth-order valence-electron chi connectivity index (χ4n) is 1.24. The van der Waals surface area contributed by atoms with Gasteiger partial charge in [-0.1, -0.05) is 25.5 Å². The molecule has 0 aliphatic heterocycles. The third kappa shape index (κ3) is 3.27. The zero-order valence-electron chi connectivity index (χ0n) is 9.25. The molecule has 15 heavy (non-hydrogen) atoms. The van der Waals surface area contributed by atoms with Gasteiger partial charge in [0.1, 0.15) is 5.75 Å². The van der Waals surface area contributed by atoms with E-state index < -0.39 is 0 Å². The number of hydrogen-bond donors (Lipinski definition) is 1. The first-order chi connectivity index (χ1) is 7.29. The van der Waals surface area contributed by atoms with E-state index in [1.54, 1.807) is 13.1 Å². The molecule has 0 aliphatic carbocycles. The van der Waals surface area contributed by atoms with Gasteiger partial charge in [0.25, 0.3) is 5.91 Å². The summed E-state index contributed by atoms with van der Waals surface area (Å²) in [5, 5.41) is 2.59. The number of benzene rings is 1. The molecule has 0 radical (unpaired) electrons. The number of nitrogens with one attached hydrogen (secondary N) is 1. The summed E-state index contributed by atoms with van der Waals surface area (Å²) in [6, 6.07) is 7.28. The molecule has 1 amide bonds. The van der Waals surface area contributed by atoms with Crippen molar-refractivity contribution in [2.24, 2.45) is 0 Å². The van der Waals surface area contributed by atoms with E-state index in [0.29, 0.717) is 17.9 Å². The van der Waals surface area contributed by atoms with E-state index >= 15 is 0 Å². The molecular weight excluding hydrogens is 190 g/mol. The highest BCUT2D eigenvalue weighted by atomic mass is 16.5. The first kappa shape index (κ1) is 11.6. The number of unbranched alkanes of at least 4 members (excludes halogenated alkanes) is 1. The lowest BCUT2D eigenvalue weighted by Gasteiger charge is -2.09. The van der Waals surface area contributed by atoms with Crippen LogP contribution in [0, 0.1) is 0 Å². The second-order valence-electron chi connectivity index (χ2n) is 3.28. The topological polar surface area (TPSA) is 38.3 Å². The second kappa shape index (κ2) is 6.06.